The van der Waals surface area contributed by atoms with E-state index in [1.165, 1.54) is 38.3 Å². The van der Waals surface area contributed by atoms with Gasteiger partial charge in [-0.15, -0.1) is 0 Å². The molecule has 0 aliphatic rings. The van der Waals surface area contributed by atoms with Crippen LogP contribution in [0.3, 0.4) is 0 Å². The lowest BCUT2D eigenvalue weighted by atomic mass is 9.99. The van der Waals surface area contributed by atoms with E-state index in [0.29, 0.717) is 6.04 Å². The van der Waals surface area contributed by atoms with Gasteiger partial charge in [0.05, 0.1) is 0 Å². The second-order valence-electron chi connectivity index (χ2n) is 6.15. The first-order valence-electron chi connectivity index (χ1n) is 8.29. The van der Waals surface area contributed by atoms with E-state index in [-0.39, 0.29) is 0 Å². The topological polar surface area (TPSA) is 27.6 Å². The number of aryl methyl sites for hydroxylation is 1. The number of rotatable bonds is 6. The number of unbranched alkanes of at least 4 members (excludes halogenated alkanes) is 1. The molecule has 3 rings (SSSR count). The van der Waals surface area contributed by atoms with Gasteiger partial charge in [-0.3, -0.25) is 0 Å². The molecule has 0 aromatic heterocycles. The van der Waals surface area contributed by atoms with Crippen LogP contribution in [0.1, 0.15) is 36.4 Å². The molecule has 0 saturated carbocycles. The van der Waals surface area contributed by atoms with E-state index in [0.717, 1.165) is 12.8 Å². The van der Waals surface area contributed by atoms with Crippen LogP contribution in [0.2, 0.25) is 0 Å². The van der Waals surface area contributed by atoms with Crippen LogP contribution >= 0.6 is 22.6 Å². The van der Waals surface area contributed by atoms with Crippen molar-refractivity contribution in [2.75, 3.05) is 0 Å². The van der Waals surface area contributed by atoms with E-state index >= 15 is 0 Å². The van der Waals surface area contributed by atoms with Gasteiger partial charge in [-0.05, 0) is 64.3 Å². The first kappa shape index (κ1) is 16.5. The van der Waals surface area contributed by atoms with E-state index in [1.54, 1.807) is 0 Å². The van der Waals surface area contributed by atoms with Gasteiger partial charge < -0.3 is 5.73 Å². The molecule has 0 saturated heterocycles. The van der Waals surface area contributed by atoms with E-state index < -0.39 is 0 Å². The molecule has 23 heavy (non-hydrogen) atoms. The molecule has 0 radical (unpaired) electrons. The number of hydrogen-bond donors (Lipinski definition) is 1. The lowest BCUT2D eigenvalue weighted by Gasteiger charge is -2.11. The van der Waals surface area contributed by atoms with Crippen molar-refractivity contribution in [3.63, 3.8) is 0 Å². The second kappa shape index (κ2) is 7.93. The summed E-state index contributed by atoms with van der Waals surface area (Å²) in [5.41, 5.74) is 7.18. The van der Waals surface area contributed by atoms with Gasteiger partial charge in [-0.25, -0.2) is 0 Å². The van der Waals surface area contributed by atoms with E-state index in [2.05, 4.69) is 95.1 Å². The van der Waals surface area contributed by atoms with Crippen molar-refractivity contribution in [2.45, 2.75) is 31.7 Å². The molecular formula is C21H23IN+. The molecule has 118 valence electrons. The molecule has 3 N–H and O–H groups in total. The maximum Gasteiger partial charge on any atom is 0.111 e. The third-order valence-electron chi connectivity index (χ3n) is 4.43. The fourth-order valence-electron chi connectivity index (χ4n) is 3.08. The zero-order valence-electron chi connectivity index (χ0n) is 13.3. The van der Waals surface area contributed by atoms with E-state index in [9.17, 15) is 0 Å². The molecule has 1 nitrogen and oxygen atoms in total. The maximum atomic E-state index is 4.35. The highest BCUT2D eigenvalue weighted by atomic mass is 127. The average Bonchev–Trinajstić information content (AvgIpc) is 2.59. The van der Waals surface area contributed by atoms with Gasteiger partial charge in [0.1, 0.15) is 6.04 Å². The van der Waals surface area contributed by atoms with E-state index in [4.69, 9.17) is 0 Å². The highest BCUT2D eigenvalue weighted by Gasteiger charge is 2.12. The molecule has 1 atom stereocenters. The molecule has 0 amide bonds. The second-order valence-corrected chi connectivity index (χ2v) is 7.31. The van der Waals surface area contributed by atoms with Gasteiger partial charge in [-0.1, -0.05) is 60.7 Å². The fourth-order valence-corrected chi connectivity index (χ4v) is 3.90. The van der Waals surface area contributed by atoms with Crippen LogP contribution in [0.4, 0.5) is 0 Å². The maximum absolute atomic E-state index is 4.35. The molecule has 0 aliphatic heterocycles. The van der Waals surface area contributed by atoms with Crippen molar-refractivity contribution < 1.29 is 5.73 Å². The number of benzene rings is 3. The smallest absolute Gasteiger partial charge is 0.111 e. The molecule has 0 spiro atoms. The summed E-state index contributed by atoms with van der Waals surface area (Å²) in [5.74, 6) is 0. The molecular weight excluding hydrogens is 393 g/mol. The highest BCUT2D eigenvalue weighted by Crippen LogP contribution is 2.22. The molecule has 3 aromatic rings. The minimum atomic E-state index is 0.403. The Morgan fingerprint density at radius 1 is 0.826 bits per heavy atom. The Kier molecular flexibility index (Phi) is 5.68. The summed E-state index contributed by atoms with van der Waals surface area (Å²) in [5, 5.41) is 2.67. The van der Waals surface area contributed by atoms with Gasteiger partial charge >= 0.3 is 0 Å². The van der Waals surface area contributed by atoms with Gasteiger partial charge in [-0.2, -0.15) is 0 Å². The number of hydrogen-bond acceptors (Lipinski definition) is 0. The van der Waals surface area contributed by atoms with Gasteiger partial charge in [0.2, 0.25) is 0 Å². The zero-order valence-corrected chi connectivity index (χ0v) is 15.5. The predicted octanol–water partition coefficient (Wildman–Crippen LogP) is 5.14. The quantitative estimate of drug-likeness (QED) is 0.426. The van der Waals surface area contributed by atoms with Gasteiger partial charge in [0.15, 0.2) is 0 Å². The summed E-state index contributed by atoms with van der Waals surface area (Å²) in [6.07, 6.45) is 4.77. The first-order chi connectivity index (χ1) is 11.2. The Balaban J connectivity index is 1.52. The first-order valence-corrected chi connectivity index (χ1v) is 9.37. The minimum absolute atomic E-state index is 0.403. The molecule has 1 unspecified atom stereocenters. The zero-order chi connectivity index (χ0) is 16.1. The van der Waals surface area contributed by atoms with Crippen molar-refractivity contribution in [2.24, 2.45) is 0 Å². The molecule has 0 heterocycles. The fraction of sp³-hybridized carbons (Fsp3) is 0.238. The Morgan fingerprint density at radius 2 is 1.57 bits per heavy atom. The Bertz CT molecular complexity index is 781. The standard InChI is InChI=1S/C21H22IN/c22-20-11-5-4-10-19(20)21(23)12-6-1-7-16-13-14-17-8-2-3-9-18(17)15-16/h2-5,8-11,13-15,21H,1,6-7,12,23H2/p+1. The summed E-state index contributed by atoms with van der Waals surface area (Å²) in [4.78, 5) is 0. The van der Waals surface area contributed by atoms with Crippen LogP contribution in [-0.2, 0) is 6.42 Å². The summed E-state index contributed by atoms with van der Waals surface area (Å²) in [6, 6.07) is 24.4. The summed E-state index contributed by atoms with van der Waals surface area (Å²) < 4.78 is 1.33. The number of quaternary nitrogens is 1. The molecule has 0 aliphatic carbocycles. The van der Waals surface area contributed by atoms with Crippen LogP contribution in [0.5, 0.6) is 0 Å². The Morgan fingerprint density at radius 3 is 2.39 bits per heavy atom. The van der Waals surface area contributed by atoms with Crippen molar-refractivity contribution >= 4 is 33.4 Å². The largest absolute Gasteiger partial charge is 0.351 e. The molecule has 0 bridgehead atoms. The van der Waals surface area contributed by atoms with Crippen molar-refractivity contribution in [1.82, 2.24) is 0 Å². The van der Waals surface area contributed by atoms with Crippen LogP contribution < -0.4 is 5.73 Å². The summed E-state index contributed by atoms with van der Waals surface area (Å²) >= 11 is 2.41. The molecule has 0 fully saturated rings. The Labute approximate surface area is 152 Å². The van der Waals surface area contributed by atoms with Crippen LogP contribution in [0.25, 0.3) is 10.8 Å². The van der Waals surface area contributed by atoms with Crippen LogP contribution in [-0.4, -0.2) is 0 Å². The monoisotopic (exact) mass is 416 g/mol. The lowest BCUT2D eigenvalue weighted by Crippen LogP contribution is -2.53. The average molecular weight is 416 g/mol. The van der Waals surface area contributed by atoms with Gasteiger partial charge in [0, 0.05) is 15.6 Å². The minimum Gasteiger partial charge on any atom is -0.351 e. The van der Waals surface area contributed by atoms with Gasteiger partial charge in [0.25, 0.3) is 0 Å². The number of halogens is 1. The Hall–Kier alpha value is -1.39. The van der Waals surface area contributed by atoms with Crippen molar-refractivity contribution in [3.05, 3.63) is 81.4 Å². The lowest BCUT2D eigenvalue weighted by molar-refractivity contribution is -0.428. The third-order valence-corrected chi connectivity index (χ3v) is 5.41. The van der Waals surface area contributed by atoms with Crippen LogP contribution in [0.15, 0.2) is 66.7 Å². The highest BCUT2D eigenvalue weighted by molar-refractivity contribution is 14.1. The number of fused-ring (bicyclic) bond motifs is 1. The van der Waals surface area contributed by atoms with Crippen molar-refractivity contribution in [3.8, 4) is 0 Å². The SMILES string of the molecule is [NH3+]C(CCCCc1ccc2ccccc2c1)c1ccccc1I. The normalized spacial score (nSPS) is 12.4. The summed E-state index contributed by atoms with van der Waals surface area (Å²) in [7, 11) is 0. The van der Waals surface area contributed by atoms with Crippen LogP contribution in [0, 0.1) is 3.57 Å². The predicted molar refractivity (Wildman–Crippen MR) is 106 cm³/mol. The molecule has 2 heteroatoms. The van der Waals surface area contributed by atoms with Crippen molar-refractivity contribution in [1.29, 1.82) is 0 Å². The molecule has 3 aromatic carbocycles. The summed E-state index contributed by atoms with van der Waals surface area (Å²) in [6.45, 7) is 0. The van der Waals surface area contributed by atoms with E-state index in [1.807, 2.05) is 0 Å². The third kappa shape index (κ3) is 4.33.